The van der Waals surface area contributed by atoms with Crippen LogP contribution in [0.2, 0.25) is 0 Å². The summed E-state index contributed by atoms with van der Waals surface area (Å²) in [5, 5.41) is 6.97. The molecule has 7 nitrogen and oxygen atoms in total. The third-order valence-corrected chi connectivity index (χ3v) is 5.56. The molecular weight excluding hydrogens is 320 g/mol. The first-order valence-electron chi connectivity index (χ1n) is 9.38. The van der Waals surface area contributed by atoms with Crippen molar-refractivity contribution in [3.63, 3.8) is 0 Å². The van der Waals surface area contributed by atoms with Crippen LogP contribution in [0.15, 0.2) is 10.6 Å². The van der Waals surface area contributed by atoms with Gasteiger partial charge in [0.25, 0.3) is 5.91 Å². The highest BCUT2D eigenvalue weighted by molar-refractivity contribution is 5.92. The Labute approximate surface area is 147 Å². The van der Waals surface area contributed by atoms with Crippen molar-refractivity contribution < 1.29 is 14.1 Å². The van der Waals surface area contributed by atoms with Crippen molar-refractivity contribution in [3.05, 3.63) is 17.5 Å². The summed E-state index contributed by atoms with van der Waals surface area (Å²) in [7, 11) is 0. The smallest absolute Gasteiger partial charge is 0.273 e. The average Bonchev–Trinajstić information content (AvgIpc) is 3.02. The van der Waals surface area contributed by atoms with Crippen molar-refractivity contribution in [1.29, 1.82) is 0 Å². The van der Waals surface area contributed by atoms with Gasteiger partial charge in [0.15, 0.2) is 5.69 Å². The van der Waals surface area contributed by atoms with E-state index < -0.39 is 0 Å². The number of carbonyl (C=O) groups is 2. The first-order chi connectivity index (χ1) is 12.1. The fourth-order valence-corrected chi connectivity index (χ4v) is 3.84. The molecule has 3 fully saturated rings. The summed E-state index contributed by atoms with van der Waals surface area (Å²) >= 11 is 0. The quantitative estimate of drug-likeness (QED) is 0.867. The van der Waals surface area contributed by atoms with Gasteiger partial charge in [-0.15, -0.1) is 0 Å². The number of hydrogen-bond acceptors (Lipinski definition) is 5. The number of amides is 2. The van der Waals surface area contributed by atoms with E-state index in [9.17, 15) is 9.59 Å². The van der Waals surface area contributed by atoms with E-state index in [0.717, 1.165) is 51.1 Å². The Morgan fingerprint density at radius 1 is 1.28 bits per heavy atom. The highest BCUT2D eigenvalue weighted by Crippen LogP contribution is 2.40. The molecular formula is C18H26N4O3. The van der Waals surface area contributed by atoms with Crippen LogP contribution in [0.4, 0.5) is 0 Å². The molecule has 2 aliphatic heterocycles. The Morgan fingerprint density at radius 2 is 2.04 bits per heavy atom. The lowest BCUT2D eigenvalue weighted by Crippen LogP contribution is -2.41. The fraction of sp³-hybridized carbons (Fsp3) is 0.722. The Balaban J connectivity index is 1.29. The average molecular weight is 346 g/mol. The molecule has 4 rings (SSSR count). The summed E-state index contributed by atoms with van der Waals surface area (Å²) in [5.74, 6) is 1.61. The molecule has 2 atom stereocenters. The monoisotopic (exact) mass is 346 g/mol. The zero-order chi connectivity index (χ0) is 17.4. The van der Waals surface area contributed by atoms with Gasteiger partial charge in [0, 0.05) is 44.2 Å². The lowest BCUT2D eigenvalue weighted by Gasteiger charge is -2.20. The number of rotatable bonds is 5. The van der Waals surface area contributed by atoms with E-state index in [4.69, 9.17) is 4.52 Å². The number of nitrogens with one attached hydrogen (secondary N) is 1. The Kier molecular flexibility index (Phi) is 4.50. The van der Waals surface area contributed by atoms with Crippen LogP contribution >= 0.6 is 0 Å². The largest absolute Gasteiger partial charge is 0.360 e. The highest BCUT2D eigenvalue weighted by atomic mass is 16.5. The minimum atomic E-state index is -0.180. The second-order valence-corrected chi connectivity index (χ2v) is 7.73. The second-order valence-electron chi connectivity index (χ2n) is 7.73. The van der Waals surface area contributed by atoms with E-state index in [1.54, 1.807) is 6.07 Å². The second kappa shape index (κ2) is 6.78. The standard InChI is InChI=1S/C18H26N4O3/c1-12-9-21(11-17(23)22-6-2-3-7-22)10-15(12)19-18(24)14-8-16(25-20-14)13-4-5-13/h8,12-13,15H,2-7,9-11H2,1H3,(H,19,24)/t12-,15+/m0/s1. The van der Waals surface area contributed by atoms with Gasteiger partial charge in [0.2, 0.25) is 5.91 Å². The van der Waals surface area contributed by atoms with Crippen molar-refractivity contribution in [2.45, 2.75) is 44.6 Å². The van der Waals surface area contributed by atoms with Crippen LogP contribution < -0.4 is 5.32 Å². The van der Waals surface area contributed by atoms with E-state index in [1.807, 2.05) is 4.90 Å². The van der Waals surface area contributed by atoms with Crippen molar-refractivity contribution in [2.24, 2.45) is 5.92 Å². The minimum Gasteiger partial charge on any atom is -0.360 e. The van der Waals surface area contributed by atoms with E-state index >= 15 is 0 Å². The predicted molar refractivity (Wildman–Crippen MR) is 91.2 cm³/mol. The van der Waals surface area contributed by atoms with Crippen molar-refractivity contribution >= 4 is 11.8 Å². The predicted octanol–water partition coefficient (Wildman–Crippen LogP) is 1.22. The Hall–Kier alpha value is -1.89. The number of carbonyl (C=O) groups excluding carboxylic acids is 2. The maximum absolute atomic E-state index is 12.4. The van der Waals surface area contributed by atoms with Crippen molar-refractivity contribution in [2.75, 3.05) is 32.7 Å². The minimum absolute atomic E-state index is 0.0416. The number of likely N-dealkylation sites (tertiary alicyclic amines) is 2. The third kappa shape index (κ3) is 3.71. The van der Waals surface area contributed by atoms with E-state index in [2.05, 4.69) is 22.3 Å². The van der Waals surface area contributed by atoms with Crippen molar-refractivity contribution in [1.82, 2.24) is 20.3 Å². The van der Waals surface area contributed by atoms with Gasteiger partial charge >= 0.3 is 0 Å². The maximum Gasteiger partial charge on any atom is 0.273 e. The van der Waals surface area contributed by atoms with Crippen LogP contribution in [0.3, 0.4) is 0 Å². The van der Waals surface area contributed by atoms with Crippen LogP contribution in [-0.4, -0.2) is 65.5 Å². The van der Waals surface area contributed by atoms with Gasteiger partial charge in [0.05, 0.1) is 6.54 Å². The molecule has 0 spiro atoms. The summed E-state index contributed by atoms with van der Waals surface area (Å²) < 4.78 is 5.26. The molecule has 3 aliphatic rings. The topological polar surface area (TPSA) is 78.7 Å². The molecule has 1 saturated carbocycles. The molecule has 136 valence electrons. The lowest BCUT2D eigenvalue weighted by atomic mass is 10.1. The van der Waals surface area contributed by atoms with Crippen LogP contribution in [0.1, 0.15) is 54.8 Å². The summed E-state index contributed by atoms with van der Waals surface area (Å²) in [5.41, 5.74) is 0.362. The van der Waals surface area contributed by atoms with Gasteiger partial charge in [-0.25, -0.2) is 0 Å². The zero-order valence-electron chi connectivity index (χ0n) is 14.7. The first kappa shape index (κ1) is 16.6. The molecule has 7 heteroatoms. The molecule has 2 amide bonds. The van der Waals surface area contributed by atoms with E-state index in [-0.39, 0.29) is 17.9 Å². The summed E-state index contributed by atoms with van der Waals surface area (Å²) in [6.07, 6.45) is 4.47. The number of aromatic nitrogens is 1. The molecule has 0 aromatic carbocycles. The number of hydrogen-bond donors (Lipinski definition) is 1. The van der Waals surface area contributed by atoms with E-state index in [0.29, 0.717) is 30.6 Å². The fourth-order valence-electron chi connectivity index (χ4n) is 3.84. The molecule has 25 heavy (non-hydrogen) atoms. The van der Waals surface area contributed by atoms with Gasteiger partial charge in [-0.3, -0.25) is 14.5 Å². The van der Waals surface area contributed by atoms with Crippen LogP contribution in [0.25, 0.3) is 0 Å². The summed E-state index contributed by atoms with van der Waals surface area (Å²) in [4.78, 5) is 28.8. The molecule has 0 radical (unpaired) electrons. The molecule has 1 aliphatic carbocycles. The third-order valence-electron chi connectivity index (χ3n) is 5.56. The molecule has 1 N–H and O–H groups in total. The molecule has 0 unspecified atom stereocenters. The molecule has 2 saturated heterocycles. The first-order valence-corrected chi connectivity index (χ1v) is 9.38. The van der Waals surface area contributed by atoms with Crippen LogP contribution in [0.5, 0.6) is 0 Å². The summed E-state index contributed by atoms with van der Waals surface area (Å²) in [6.45, 7) is 5.88. The van der Waals surface area contributed by atoms with Gasteiger partial charge in [-0.1, -0.05) is 12.1 Å². The SMILES string of the molecule is C[C@H]1CN(CC(=O)N2CCCC2)C[C@H]1NC(=O)c1cc(C2CC2)on1. The molecule has 0 bridgehead atoms. The highest BCUT2D eigenvalue weighted by Gasteiger charge is 2.34. The van der Waals surface area contributed by atoms with Gasteiger partial charge in [-0.2, -0.15) is 0 Å². The van der Waals surface area contributed by atoms with Crippen LogP contribution in [-0.2, 0) is 4.79 Å². The Bertz CT molecular complexity index is 649. The van der Waals surface area contributed by atoms with Gasteiger partial charge in [-0.05, 0) is 31.6 Å². The van der Waals surface area contributed by atoms with Gasteiger partial charge in [0.1, 0.15) is 5.76 Å². The van der Waals surface area contributed by atoms with Crippen LogP contribution in [0, 0.1) is 5.92 Å². The Morgan fingerprint density at radius 3 is 2.76 bits per heavy atom. The van der Waals surface area contributed by atoms with E-state index in [1.165, 1.54) is 0 Å². The van der Waals surface area contributed by atoms with Gasteiger partial charge < -0.3 is 14.7 Å². The summed E-state index contributed by atoms with van der Waals surface area (Å²) in [6, 6.07) is 1.81. The number of nitrogens with zero attached hydrogens (tertiary/aromatic N) is 3. The van der Waals surface area contributed by atoms with Crippen molar-refractivity contribution in [3.8, 4) is 0 Å². The molecule has 1 aromatic rings. The molecule has 3 heterocycles. The zero-order valence-corrected chi connectivity index (χ0v) is 14.7. The normalized spacial score (nSPS) is 27.0. The lowest BCUT2D eigenvalue weighted by molar-refractivity contribution is -0.131. The molecule has 1 aromatic heterocycles. The maximum atomic E-state index is 12.4.